The number of carbonyl (C=O) groups is 4. The highest BCUT2D eigenvalue weighted by molar-refractivity contribution is 5.94. The van der Waals surface area contributed by atoms with Crippen LogP contribution in [0.1, 0.15) is 66.2 Å². The van der Waals surface area contributed by atoms with Crippen molar-refractivity contribution in [2.75, 3.05) is 6.54 Å². The Hall–Kier alpha value is -1.92. The maximum absolute atomic E-state index is 13.0. The van der Waals surface area contributed by atoms with E-state index in [4.69, 9.17) is 0 Å². The van der Waals surface area contributed by atoms with E-state index in [0.29, 0.717) is 31.7 Å². The second-order valence-electron chi connectivity index (χ2n) is 8.98. The van der Waals surface area contributed by atoms with Gasteiger partial charge in [0.2, 0.25) is 18.2 Å². The summed E-state index contributed by atoms with van der Waals surface area (Å²) < 4.78 is 0. The Morgan fingerprint density at radius 3 is 2.30 bits per heavy atom. The molecule has 1 aliphatic carbocycles. The van der Waals surface area contributed by atoms with Crippen molar-refractivity contribution in [2.24, 2.45) is 11.3 Å². The summed E-state index contributed by atoms with van der Waals surface area (Å²) in [6.45, 7) is 7.62. The Morgan fingerprint density at radius 1 is 1.15 bits per heavy atom. The molecule has 0 radical (unpaired) electrons. The number of amides is 3. The molecule has 3 amide bonds. The number of hydrogen-bond donors (Lipinski definition) is 2. The average molecular weight is 380 g/mol. The zero-order chi connectivity index (χ0) is 20.2. The number of Topliss-reactive ketones (excluding diaryl/α,β-unsaturated/α-hetero) is 1. The lowest BCUT2D eigenvalue weighted by Crippen LogP contribution is -2.57. The van der Waals surface area contributed by atoms with Gasteiger partial charge in [-0.1, -0.05) is 40.0 Å². The van der Waals surface area contributed by atoms with E-state index in [1.807, 2.05) is 20.8 Å². The third kappa shape index (κ3) is 5.30. The first-order chi connectivity index (χ1) is 12.6. The molecule has 1 aliphatic heterocycles. The zero-order valence-corrected chi connectivity index (χ0v) is 16.9. The van der Waals surface area contributed by atoms with Gasteiger partial charge in [-0.2, -0.15) is 0 Å². The van der Waals surface area contributed by atoms with E-state index in [-0.39, 0.29) is 17.6 Å². The lowest BCUT2D eigenvalue weighted by Gasteiger charge is -2.35. The normalized spacial score (nSPS) is 22.5. The van der Waals surface area contributed by atoms with Crippen LogP contribution in [0.3, 0.4) is 0 Å². The van der Waals surface area contributed by atoms with Crippen molar-refractivity contribution in [3.8, 4) is 0 Å². The van der Waals surface area contributed by atoms with Crippen LogP contribution in [0.2, 0.25) is 0 Å². The van der Waals surface area contributed by atoms with Gasteiger partial charge in [-0.25, -0.2) is 0 Å². The summed E-state index contributed by atoms with van der Waals surface area (Å²) in [4.78, 5) is 50.3. The molecule has 2 aliphatic rings. The van der Waals surface area contributed by atoms with Crippen molar-refractivity contribution in [3.63, 3.8) is 0 Å². The van der Waals surface area contributed by atoms with Gasteiger partial charge in [-0.05, 0) is 37.5 Å². The van der Waals surface area contributed by atoms with E-state index in [1.54, 1.807) is 4.90 Å². The minimum Gasteiger partial charge on any atom is -0.346 e. The van der Waals surface area contributed by atoms with Crippen LogP contribution < -0.4 is 10.6 Å². The van der Waals surface area contributed by atoms with Crippen molar-refractivity contribution in [1.82, 2.24) is 15.5 Å². The van der Waals surface area contributed by atoms with E-state index in [0.717, 1.165) is 19.3 Å². The first-order valence-electron chi connectivity index (χ1n) is 9.96. The smallest absolute Gasteiger partial charge is 0.246 e. The van der Waals surface area contributed by atoms with Crippen LogP contribution in [0.25, 0.3) is 0 Å². The van der Waals surface area contributed by atoms with Gasteiger partial charge >= 0.3 is 0 Å². The molecule has 0 aromatic rings. The Labute approximate surface area is 161 Å². The number of hydrogen-bond acceptors (Lipinski definition) is 4. The fraction of sp³-hybridized carbons (Fsp3) is 0.800. The summed E-state index contributed by atoms with van der Waals surface area (Å²) in [6, 6.07) is -1.76. The van der Waals surface area contributed by atoms with Gasteiger partial charge < -0.3 is 15.5 Å². The minimum atomic E-state index is -0.693. The van der Waals surface area contributed by atoms with Crippen LogP contribution in [0.4, 0.5) is 0 Å². The third-order valence-electron chi connectivity index (χ3n) is 5.79. The number of rotatable bonds is 8. The molecule has 152 valence electrons. The van der Waals surface area contributed by atoms with Gasteiger partial charge in [0.1, 0.15) is 12.1 Å². The monoisotopic (exact) mass is 379 g/mol. The fourth-order valence-electron chi connectivity index (χ4n) is 3.88. The lowest BCUT2D eigenvalue weighted by atomic mass is 9.80. The van der Waals surface area contributed by atoms with Gasteiger partial charge in [0.05, 0.1) is 6.04 Å². The molecule has 3 atom stereocenters. The van der Waals surface area contributed by atoms with Crippen LogP contribution in [0.15, 0.2) is 0 Å². The maximum Gasteiger partial charge on any atom is 0.246 e. The molecule has 2 fully saturated rings. The van der Waals surface area contributed by atoms with Gasteiger partial charge in [0.25, 0.3) is 0 Å². The molecule has 2 N–H and O–H groups in total. The van der Waals surface area contributed by atoms with E-state index >= 15 is 0 Å². The first kappa shape index (κ1) is 21.4. The van der Waals surface area contributed by atoms with Crippen LogP contribution in [-0.4, -0.2) is 53.6 Å². The number of nitrogens with zero attached hydrogens (tertiary/aromatic N) is 1. The number of likely N-dealkylation sites (tertiary alicyclic amines) is 1. The van der Waals surface area contributed by atoms with Crippen molar-refractivity contribution in [1.29, 1.82) is 0 Å². The number of carbonyl (C=O) groups excluding carboxylic acids is 4. The van der Waals surface area contributed by atoms with Gasteiger partial charge in [0.15, 0.2) is 5.78 Å². The second kappa shape index (κ2) is 8.85. The standard InChI is InChI=1S/C20H33N3O4/c1-13(25)15(11-14-7-5-8-14)22-18(26)16-9-6-10-23(16)19(27)17(21-12-24)20(2,3)4/h12,14-17H,5-11H2,1-4H3,(H,21,24)(H,22,26). The Morgan fingerprint density at radius 2 is 1.81 bits per heavy atom. The van der Waals surface area contributed by atoms with E-state index in [2.05, 4.69) is 10.6 Å². The summed E-state index contributed by atoms with van der Waals surface area (Å²) in [7, 11) is 0. The zero-order valence-electron chi connectivity index (χ0n) is 16.9. The minimum absolute atomic E-state index is 0.0405. The summed E-state index contributed by atoms with van der Waals surface area (Å²) in [5.74, 6) is -0.0476. The molecule has 3 unspecified atom stereocenters. The highest BCUT2D eigenvalue weighted by Gasteiger charge is 2.41. The topological polar surface area (TPSA) is 95.6 Å². The summed E-state index contributed by atoms with van der Waals surface area (Å²) in [5.41, 5.74) is -0.465. The average Bonchev–Trinajstić information content (AvgIpc) is 3.02. The first-order valence-corrected chi connectivity index (χ1v) is 9.96. The predicted octanol–water partition coefficient (Wildman–Crippen LogP) is 1.40. The quantitative estimate of drug-likeness (QED) is 0.623. The molecule has 7 heteroatoms. The van der Waals surface area contributed by atoms with Crippen LogP contribution in [-0.2, 0) is 19.2 Å². The lowest BCUT2D eigenvalue weighted by molar-refractivity contribution is -0.143. The van der Waals surface area contributed by atoms with Crippen molar-refractivity contribution in [3.05, 3.63) is 0 Å². The van der Waals surface area contributed by atoms with Crippen molar-refractivity contribution >= 4 is 24.0 Å². The Bertz CT molecular complexity index is 580. The highest BCUT2D eigenvalue weighted by Crippen LogP contribution is 2.31. The predicted molar refractivity (Wildman–Crippen MR) is 102 cm³/mol. The number of ketones is 1. The molecular weight excluding hydrogens is 346 g/mol. The molecule has 0 aromatic heterocycles. The van der Waals surface area contributed by atoms with E-state index in [1.165, 1.54) is 13.3 Å². The van der Waals surface area contributed by atoms with Gasteiger partial charge in [-0.15, -0.1) is 0 Å². The summed E-state index contributed by atoms with van der Waals surface area (Å²) in [6.07, 6.45) is 5.92. The second-order valence-corrected chi connectivity index (χ2v) is 8.98. The SMILES string of the molecule is CC(=O)C(CC1CCC1)NC(=O)C1CCCN1C(=O)C(NC=O)C(C)(C)C. The molecule has 1 saturated carbocycles. The Balaban J connectivity index is 2.06. The van der Waals surface area contributed by atoms with Gasteiger partial charge in [0, 0.05) is 6.54 Å². The van der Waals surface area contributed by atoms with Crippen LogP contribution in [0, 0.1) is 11.3 Å². The highest BCUT2D eigenvalue weighted by atomic mass is 16.2. The molecule has 0 bridgehead atoms. The van der Waals surface area contributed by atoms with Crippen LogP contribution in [0.5, 0.6) is 0 Å². The van der Waals surface area contributed by atoms with Crippen LogP contribution >= 0.6 is 0 Å². The molecule has 1 heterocycles. The molecule has 2 rings (SSSR count). The maximum atomic E-state index is 13.0. The largest absolute Gasteiger partial charge is 0.346 e. The summed E-state index contributed by atoms with van der Waals surface area (Å²) >= 11 is 0. The molecule has 27 heavy (non-hydrogen) atoms. The molecule has 0 aromatic carbocycles. The number of nitrogens with one attached hydrogen (secondary N) is 2. The molecule has 1 saturated heterocycles. The third-order valence-corrected chi connectivity index (χ3v) is 5.79. The molecule has 7 nitrogen and oxygen atoms in total. The van der Waals surface area contributed by atoms with Crippen molar-refractivity contribution in [2.45, 2.75) is 84.3 Å². The van der Waals surface area contributed by atoms with E-state index in [9.17, 15) is 19.2 Å². The van der Waals surface area contributed by atoms with Gasteiger partial charge in [-0.3, -0.25) is 19.2 Å². The Kier molecular flexibility index (Phi) is 7.00. The molecular formula is C20H33N3O4. The van der Waals surface area contributed by atoms with E-state index < -0.39 is 23.5 Å². The van der Waals surface area contributed by atoms with Crippen molar-refractivity contribution < 1.29 is 19.2 Å². The summed E-state index contributed by atoms with van der Waals surface area (Å²) in [5, 5.41) is 5.48. The fourth-order valence-corrected chi connectivity index (χ4v) is 3.88. The molecule has 0 spiro atoms.